The molecule has 3 heterocycles. The molecule has 0 atom stereocenters. The van der Waals surface area contributed by atoms with Crippen molar-refractivity contribution in [1.82, 2.24) is 34.4 Å². The third kappa shape index (κ3) is 3.89. The van der Waals surface area contributed by atoms with Crippen molar-refractivity contribution < 1.29 is 4.79 Å². The van der Waals surface area contributed by atoms with Crippen LogP contribution in [0.25, 0.3) is 5.78 Å². The molecule has 0 unspecified atom stereocenters. The summed E-state index contributed by atoms with van der Waals surface area (Å²) in [7, 11) is 0. The Morgan fingerprint density at radius 3 is 2.88 bits per heavy atom. The van der Waals surface area contributed by atoms with Crippen LogP contribution in [0.4, 0.5) is 0 Å². The molecule has 0 aromatic carbocycles. The summed E-state index contributed by atoms with van der Waals surface area (Å²) in [6.07, 6.45) is 6.14. The Hall–Kier alpha value is -2.77. The number of hydrogen-bond donors (Lipinski definition) is 1. The molecule has 0 radical (unpaired) electrons. The van der Waals surface area contributed by atoms with Gasteiger partial charge >= 0.3 is 0 Å². The molecule has 0 aliphatic heterocycles. The highest BCUT2D eigenvalue weighted by Crippen LogP contribution is 2.15. The van der Waals surface area contributed by atoms with Crippen molar-refractivity contribution in [1.29, 1.82) is 0 Å². The molecule has 138 valence electrons. The lowest BCUT2D eigenvalue weighted by atomic mass is 10.1. The quantitative estimate of drug-likeness (QED) is 0.698. The van der Waals surface area contributed by atoms with Crippen LogP contribution in [-0.2, 0) is 24.3 Å². The second-order valence-electron chi connectivity index (χ2n) is 6.94. The Bertz CT molecular complexity index is 910. The van der Waals surface area contributed by atoms with Crippen LogP contribution in [0.5, 0.6) is 0 Å². The first-order valence-corrected chi connectivity index (χ1v) is 8.87. The normalized spacial score (nSPS) is 11.4. The second-order valence-corrected chi connectivity index (χ2v) is 6.94. The number of aryl methyl sites for hydroxylation is 2. The molecule has 0 aliphatic carbocycles. The van der Waals surface area contributed by atoms with Gasteiger partial charge in [0, 0.05) is 30.6 Å². The summed E-state index contributed by atoms with van der Waals surface area (Å²) >= 11 is 0. The van der Waals surface area contributed by atoms with Gasteiger partial charge in [0.15, 0.2) is 0 Å². The van der Waals surface area contributed by atoms with Gasteiger partial charge in [0.25, 0.3) is 5.78 Å². The number of aromatic nitrogens is 6. The highest BCUT2D eigenvalue weighted by atomic mass is 16.1. The van der Waals surface area contributed by atoms with E-state index in [1.54, 1.807) is 10.7 Å². The van der Waals surface area contributed by atoms with Gasteiger partial charge in [0.2, 0.25) is 5.91 Å². The van der Waals surface area contributed by atoms with Gasteiger partial charge in [0.05, 0.1) is 18.6 Å². The Kier molecular flexibility index (Phi) is 5.29. The molecule has 3 aromatic rings. The number of imidazole rings is 1. The molecule has 26 heavy (non-hydrogen) atoms. The van der Waals surface area contributed by atoms with Gasteiger partial charge in [-0.3, -0.25) is 4.79 Å². The largest absolute Gasteiger partial charge is 0.350 e. The summed E-state index contributed by atoms with van der Waals surface area (Å²) < 4.78 is 3.80. The summed E-state index contributed by atoms with van der Waals surface area (Å²) in [4.78, 5) is 25.0. The minimum absolute atomic E-state index is 0.0137. The highest BCUT2D eigenvalue weighted by molar-refractivity contribution is 5.76. The van der Waals surface area contributed by atoms with E-state index < -0.39 is 0 Å². The van der Waals surface area contributed by atoms with E-state index in [-0.39, 0.29) is 5.91 Å². The van der Waals surface area contributed by atoms with Crippen LogP contribution in [0, 0.1) is 19.8 Å². The number of fused-ring (bicyclic) bond motifs is 1. The zero-order valence-corrected chi connectivity index (χ0v) is 15.7. The molecule has 0 spiro atoms. The maximum Gasteiger partial charge on any atom is 0.252 e. The maximum atomic E-state index is 12.3. The van der Waals surface area contributed by atoms with Crippen molar-refractivity contribution in [2.75, 3.05) is 0 Å². The van der Waals surface area contributed by atoms with E-state index in [4.69, 9.17) is 0 Å². The Balaban J connectivity index is 1.59. The van der Waals surface area contributed by atoms with E-state index in [9.17, 15) is 4.79 Å². The van der Waals surface area contributed by atoms with Gasteiger partial charge in [-0.1, -0.05) is 13.8 Å². The van der Waals surface area contributed by atoms with E-state index in [0.29, 0.717) is 31.1 Å². The molecule has 0 fully saturated rings. The monoisotopic (exact) mass is 355 g/mol. The topological polar surface area (TPSA) is 90.0 Å². The number of carbonyl (C=O) groups is 1. The van der Waals surface area contributed by atoms with Gasteiger partial charge in [-0.2, -0.15) is 10.1 Å². The van der Waals surface area contributed by atoms with E-state index in [1.807, 2.05) is 20.2 Å². The van der Waals surface area contributed by atoms with Gasteiger partial charge in [-0.25, -0.2) is 14.5 Å². The fourth-order valence-corrected chi connectivity index (χ4v) is 3.09. The smallest absolute Gasteiger partial charge is 0.252 e. The van der Waals surface area contributed by atoms with E-state index in [2.05, 4.69) is 43.8 Å². The molecule has 0 saturated carbocycles. The molecule has 0 bridgehead atoms. The zero-order valence-electron chi connectivity index (χ0n) is 15.7. The fraction of sp³-hybridized carbons (Fsp3) is 0.500. The number of nitrogens with zero attached hydrogens (tertiary/aromatic N) is 6. The van der Waals surface area contributed by atoms with Crippen molar-refractivity contribution in [2.24, 2.45) is 5.92 Å². The summed E-state index contributed by atoms with van der Waals surface area (Å²) in [5.41, 5.74) is 3.94. The van der Waals surface area contributed by atoms with Crippen molar-refractivity contribution in [3.8, 4) is 0 Å². The molecule has 8 heteroatoms. The van der Waals surface area contributed by atoms with Crippen LogP contribution in [0.15, 0.2) is 18.9 Å². The lowest BCUT2D eigenvalue weighted by Crippen LogP contribution is -2.25. The summed E-state index contributed by atoms with van der Waals surface area (Å²) in [6.45, 7) is 9.63. The molecule has 8 nitrogen and oxygen atoms in total. The molecule has 3 aromatic heterocycles. The third-order valence-corrected chi connectivity index (χ3v) is 4.42. The average Bonchev–Trinajstić information content (AvgIpc) is 3.21. The molecular weight excluding hydrogens is 330 g/mol. The molecule has 1 N–H and O–H groups in total. The lowest BCUT2D eigenvalue weighted by Gasteiger charge is -2.12. The molecular formula is C18H25N7O. The van der Waals surface area contributed by atoms with E-state index in [1.165, 1.54) is 6.33 Å². The highest BCUT2D eigenvalue weighted by Gasteiger charge is 2.13. The van der Waals surface area contributed by atoms with E-state index in [0.717, 1.165) is 29.2 Å². The van der Waals surface area contributed by atoms with Crippen molar-refractivity contribution in [2.45, 2.75) is 53.6 Å². The van der Waals surface area contributed by atoms with Gasteiger partial charge in [0.1, 0.15) is 6.33 Å². The SMILES string of the molecule is Cc1nc2ncnn2c(C)c1CCC(=O)NCc1cncn1CC(C)C. The zero-order chi connectivity index (χ0) is 18.7. The van der Waals surface area contributed by atoms with Crippen LogP contribution >= 0.6 is 0 Å². The summed E-state index contributed by atoms with van der Waals surface area (Å²) in [5, 5.41) is 7.17. The number of rotatable bonds is 7. The summed E-state index contributed by atoms with van der Waals surface area (Å²) in [6, 6.07) is 0. The van der Waals surface area contributed by atoms with Crippen molar-refractivity contribution in [3.63, 3.8) is 0 Å². The summed E-state index contributed by atoms with van der Waals surface area (Å²) in [5.74, 6) is 1.13. The first kappa shape index (κ1) is 18.0. The van der Waals surface area contributed by atoms with Crippen LogP contribution < -0.4 is 5.32 Å². The maximum absolute atomic E-state index is 12.3. The fourth-order valence-electron chi connectivity index (χ4n) is 3.09. The molecule has 3 rings (SSSR count). The van der Waals surface area contributed by atoms with Gasteiger partial charge in [-0.05, 0) is 31.7 Å². The molecule has 1 amide bonds. The van der Waals surface area contributed by atoms with Crippen LogP contribution in [0.3, 0.4) is 0 Å². The predicted octanol–water partition coefficient (Wildman–Crippen LogP) is 1.84. The lowest BCUT2D eigenvalue weighted by molar-refractivity contribution is -0.121. The average molecular weight is 355 g/mol. The first-order chi connectivity index (χ1) is 12.5. The Morgan fingerprint density at radius 2 is 2.12 bits per heavy atom. The van der Waals surface area contributed by atoms with E-state index >= 15 is 0 Å². The van der Waals surface area contributed by atoms with Crippen LogP contribution in [-0.4, -0.2) is 35.0 Å². The molecule has 0 saturated heterocycles. The molecule has 0 aliphatic rings. The van der Waals surface area contributed by atoms with Gasteiger partial charge in [-0.15, -0.1) is 0 Å². The van der Waals surface area contributed by atoms with Crippen LogP contribution in [0.2, 0.25) is 0 Å². The number of nitrogens with one attached hydrogen (secondary N) is 1. The Morgan fingerprint density at radius 1 is 1.31 bits per heavy atom. The number of amides is 1. The Labute approximate surface area is 152 Å². The second kappa shape index (κ2) is 7.63. The third-order valence-electron chi connectivity index (χ3n) is 4.42. The van der Waals surface area contributed by atoms with Gasteiger partial charge < -0.3 is 9.88 Å². The minimum Gasteiger partial charge on any atom is -0.350 e. The standard InChI is InChI=1S/C18H25N7O/c1-12(2)9-24-11-19-7-15(24)8-20-17(26)6-5-16-13(3)23-18-21-10-22-25(18)14(16)4/h7,10-12H,5-6,8-9H2,1-4H3,(H,20,26). The minimum atomic E-state index is 0.0137. The number of hydrogen-bond acceptors (Lipinski definition) is 5. The van der Waals surface area contributed by atoms with Crippen molar-refractivity contribution >= 4 is 11.7 Å². The number of carbonyl (C=O) groups excluding carboxylic acids is 1. The van der Waals surface area contributed by atoms with Crippen molar-refractivity contribution in [3.05, 3.63) is 41.5 Å². The predicted molar refractivity (Wildman–Crippen MR) is 97.5 cm³/mol. The first-order valence-electron chi connectivity index (χ1n) is 8.87. The van der Waals surface area contributed by atoms with Crippen LogP contribution in [0.1, 0.15) is 42.9 Å².